The van der Waals surface area contributed by atoms with Gasteiger partial charge in [0, 0.05) is 19.5 Å². The van der Waals surface area contributed by atoms with Crippen LogP contribution < -0.4 is 0 Å². The van der Waals surface area contributed by atoms with Crippen molar-refractivity contribution in [3.8, 4) is 6.07 Å². The van der Waals surface area contributed by atoms with Crippen LogP contribution in [0.15, 0.2) is 11.4 Å². The molecule has 5 nitrogen and oxygen atoms in total. The average Bonchev–Trinajstić information content (AvgIpc) is 2.29. The zero-order valence-electron chi connectivity index (χ0n) is 6.64. The highest BCUT2D eigenvalue weighted by molar-refractivity contribution is 7.90. The Morgan fingerprint density at radius 1 is 1.67 bits per heavy atom. The predicted molar refractivity (Wildman–Crippen MR) is 41.0 cm³/mol. The van der Waals surface area contributed by atoms with Crippen molar-refractivity contribution in [2.45, 2.75) is 5.16 Å². The molecule has 0 aliphatic carbocycles. The topological polar surface area (TPSA) is 75.8 Å². The second kappa shape index (κ2) is 2.60. The molecular formula is C6H7N3O2S. The molecule has 0 unspecified atom stereocenters. The number of imidazole rings is 1. The first kappa shape index (κ1) is 8.74. The van der Waals surface area contributed by atoms with Gasteiger partial charge >= 0.3 is 0 Å². The second-order valence-corrected chi connectivity index (χ2v) is 4.31. The van der Waals surface area contributed by atoms with Gasteiger partial charge < -0.3 is 4.57 Å². The van der Waals surface area contributed by atoms with Gasteiger partial charge in [-0.2, -0.15) is 5.26 Å². The summed E-state index contributed by atoms with van der Waals surface area (Å²) in [5.74, 6) is 0. The van der Waals surface area contributed by atoms with Gasteiger partial charge in [0.2, 0.25) is 15.0 Å². The standard InChI is InChI=1S/C6H7N3O2S/c1-9-4-5(3-7)8-6(9)12(2,10)11/h4H,1-2H3. The van der Waals surface area contributed by atoms with Crippen LogP contribution in [-0.4, -0.2) is 24.2 Å². The van der Waals surface area contributed by atoms with Crippen molar-refractivity contribution in [2.75, 3.05) is 6.26 Å². The Bertz CT molecular complexity index is 438. The van der Waals surface area contributed by atoms with Gasteiger partial charge in [0.1, 0.15) is 6.07 Å². The molecule has 0 bridgehead atoms. The molecule has 0 radical (unpaired) electrons. The van der Waals surface area contributed by atoms with Gasteiger partial charge in [0.15, 0.2) is 5.69 Å². The van der Waals surface area contributed by atoms with Crippen molar-refractivity contribution in [2.24, 2.45) is 7.05 Å². The van der Waals surface area contributed by atoms with Crippen LogP contribution in [0.2, 0.25) is 0 Å². The van der Waals surface area contributed by atoms with Crippen molar-refractivity contribution < 1.29 is 8.42 Å². The van der Waals surface area contributed by atoms with E-state index in [0.717, 1.165) is 6.26 Å². The third-order valence-corrected chi connectivity index (χ3v) is 2.32. The van der Waals surface area contributed by atoms with Crippen LogP contribution >= 0.6 is 0 Å². The number of nitrogens with zero attached hydrogens (tertiary/aromatic N) is 3. The summed E-state index contributed by atoms with van der Waals surface area (Å²) in [5.41, 5.74) is 0.109. The van der Waals surface area contributed by atoms with Gasteiger partial charge in [-0.3, -0.25) is 0 Å². The summed E-state index contributed by atoms with van der Waals surface area (Å²) in [6.45, 7) is 0. The molecule has 0 fully saturated rings. The van der Waals surface area contributed by atoms with E-state index in [1.165, 1.54) is 17.8 Å². The summed E-state index contributed by atoms with van der Waals surface area (Å²) in [6.07, 6.45) is 2.42. The molecular weight excluding hydrogens is 178 g/mol. The van der Waals surface area contributed by atoms with E-state index in [2.05, 4.69) is 4.98 Å². The van der Waals surface area contributed by atoms with E-state index in [4.69, 9.17) is 5.26 Å². The van der Waals surface area contributed by atoms with Crippen LogP contribution in [0.3, 0.4) is 0 Å². The van der Waals surface area contributed by atoms with Gasteiger partial charge in [0.05, 0.1) is 0 Å². The maximum atomic E-state index is 11.0. The Kier molecular flexibility index (Phi) is 1.90. The zero-order valence-corrected chi connectivity index (χ0v) is 7.46. The van der Waals surface area contributed by atoms with Crippen molar-refractivity contribution in [1.29, 1.82) is 5.26 Å². The maximum Gasteiger partial charge on any atom is 0.228 e. The normalized spacial score (nSPS) is 11.1. The molecule has 1 rings (SSSR count). The Balaban J connectivity index is 3.39. The fourth-order valence-electron chi connectivity index (χ4n) is 0.848. The van der Waals surface area contributed by atoms with Crippen molar-refractivity contribution in [3.63, 3.8) is 0 Å². The highest BCUT2D eigenvalue weighted by Gasteiger charge is 2.14. The van der Waals surface area contributed by atoms with Crippen molar-refractivity contribution in [1.82, 2.24) is 9.55 Å². The summed E-state index contributed by atoms with van der Waals surface area (Å²) < 4.78 is 23.3. The summed E-state index contributed by atoms with van der Waals surface area (Å²) in [5, 5.41) is 8.34. The van der Waals surface area contributed by atoms with Gasteiger partial charge in [0.25, 0.3) is 0 Å². The molecule has 0 atom stereocenters. The molecule has 64 valence electrons. The molecule has 0 aliphatic heterocycles. The fourth-order valence-corrected chi connectivity index (χ4v) is 1.69. The molecule has 1 heterocycles. The SMILES string of the molecule is Cn1cc(C#N)nc1S(C)(=O)=O. The molecule has 0 aromatic carbocycles. The average molecular weight is 185 g/mol. The Morgan fingerprint density at radius 3 is 2.50 bits per heavy atom. The van der Waals surface area contributed by atoms with E-state index >= 15 is 0 Å². The smallest absolute Gasteiger partial charge is 0.228 e. The fraction of sp³-hybridized carbons (Fsp3) is 0.333. The number of aryl methyl sites for hydroxylation is 1. The first-order valence-electron chi connectivity index (χ1n) is 3.08. The molecule has 0 spiro atoms. The Hall–Kier alpha value is -1.35. The second-order valence-electron chi connectivity index (χ2n) is 2.40. The minimum absolute atomic E-state index is 0.0842. The molecule has 12 heavy (non-hydrogen) atoms. The van der Waals surface area contributed by atoms with Gasteiger partial charge in [-0.25, -0.2) is 13.4 Å². The van der Waals surface area contributed by atoms with Crippen molar-refractivity contribution >= 4 is 9.84 Å². The molecule has 0 saturated heterocycles. The summed E-state index contributed by atoms with van der Waals surface area (Å²) in [7, 11) is -1.79. The molecule has 1 aromatic heterocycles. The molecule has 0 N–H and O–H groups in total. The predicted octanol–water partition coefficient (Wildman–Crippen LogP) is -0.305. The van der Waals surface area contributed by atoms with E-state index in [9.17, 15) is 8.42 Å². The quantitative estimate of drug-likeness (QED) is 0.601. The summed E-state index contributed by atoms with van der Waals surface area (Å²) in [4.78, 5) is 3.61. The highest BCUT2D eigenvalue weighted by Crippen LogP contribution is 2.06. The van der Waals surface area contributed by atoms with Crippen LogP contribution in [0, 0.1) is 11.3 Å². The van der Waals surface area contributed by atoms with Crippen LogP contribution in [0.4, 0.5) is 0 Å². The Labute approximate surface area is 70.2 Å². The monoisotopic (exact) mass is 185 g/mol. The van der Waals surface area contributed by atoms with E-state index in [1.807, 2.05) is 0 Å². The zero-order chi connectivity index (χ0) is 9.35. The first-order valence-corrected chi connectivity index (χ1v) is 4.98. The molecule has 0 amide bonds. The van der Waals surface area contributed by atoms with Gasteiger partial charge in [-0.15, -0.1) is 0 Å². The lowest BCUT2D eigenvalue weighted by Gasteiger charge is -1.94. The number of aromatic nitrogens is 2. The molecule has 6 heteroatoms. The number of nitriles is 1. The van der Waals surface area contributed by atoms with Gasteiger partial charge in [-0.1, -0.05) is 0 Å². The Morgan fingerprint density at radius 2 is 2.25 bits per heavy atom. The molecule has 0 aliphatic rings. The third-order valence-electron chi connectivity index (χ3n) is 1.28. The number of hydrogen-bond donors (Lipinski definition) is 0. The number of rotatable bonds is 1. The lowest BCUT2D eigenvalue weighted by Crippen LogP contribution is -2.05. The van der Waals surface area contributed by atoms with Crippen molar-refractivity contribution in [3.05, 3.63) is 11.9 Å². The van der Waals surface area contributed by atoms with E-state index in [1.54, 1.807) is 6.07 Å². The summed E-state index contributed by atoms with van der Waals surface area (Å²) >= 11 is 0. The van der Waals surface area contributed by atoms with Gasteiger partial charge in [-0.05, 0) is 0 Å². The maximum absolute atomic E-state index is 11.0. The minimum Gasteiger partial charge on any atom is -0.324 e. The minimum atomic E-state index is -3.32. The lowest BCUT2D eigenvalue weighted by atomic mass is 10.5. The third kappa shape index (κ3) is 1.46. The van der Waals surface area contributed by atoms with E-state index < -0.39 is 9.84 Å². The lowest BCUT2D eigenvalue weighted by molar-refractivity contribution is 0.585. The highest BCUT2D eigenvalue weighted by atomic mass is 32.2. The van der Waals surface area contributed by atoms with E-state index in [-0.39, 0.29) is 10.9 Å². The largest absolute Gasteiger partial charge is 0.324 e. The molecule has 1 aromatic rings. The van der Waals surface area contributed by atoms with Crippen LogP contribution in [0.5, 0.6) is 0 Å². The molecule has 0 saturated carbocycles. The van der Waals surface area contributed by atoms with Crippen LogP contribution in [0.25, 0.3) is 0 Å². The van der Waals surface area contributed by atoms with Crippen LogP contribution in [-0.2, 0) is 16.9 Å². The summed E-state index contributed by atoms with van der Waals surface area (Å²) in [6, 6.07) is 1.76. The number of sulfone groups is 1. The first-order chi connectivity index (χ1) is 5.45. The number of hydrogen-bond acceptors (Lipinski definition) is 4. The van der Waals surface area contributed by atoms with E-state index in [0.29, 0.717) is 0 Å². The van der Waals surface area contributed by atoms with Crippen LogP contribution in [0.1, 0.15) is 5.69 Å².